The molecule has 6 heteroatoms. The molecule has 0 saturated carbocycles. The van der Waals surface area contributed by atoms with Crippen molar-refractivity contribution in [1.29, 1.82) is 0 Å². The summed E-state index contributed by atoms with van der Waals surface area (Å²) in [5, 5.41) is 18.3. The van der Waals surface area contributed by atoms with Crippen LogP contribution < -0.4 is 10.6 Å². The van der Waals surface area contributed by atoms with Crippen LogP contribution in [0.3, 0.4) is 0 Å². The third kappa shape index (κ3) is 6.01. The lowest BCUT2D eigenvalue weighted by Gasteiger charge is -2.22. The van der Waals surface area contributed by atoms with E-state index in [1.165, 1.54) is 0 Å². The van der Waals surface area contributed by atoms with E-state index in [-0.39, 0.29) is 18.2 Å². The van der Waals surface area contributed by atoms with Crippen molar-refractivity contribution in [3.05, 3.63) is 95.7 Å². The van der Waals surface area contributed by atoms with Gasteiger partial charge in [-0.25, -0.2) is 0 Å². The third-order valence-electron chi connectivity index (χ3n) is 6.21. The number of rotatable bonds is 11. The molecule has 0 aliphatic carbocycles. The number of carbonyl (C=O) groups is 1. The van der Waals surface area contributed by atoms with Gasteiger partial charge in [0, 0.05) is 41.5 Å². The Morgan fingerprint density at radius 3 is 2.39 bits per heavy atom. The first-order valence-corrected chi connectivity index (χ1v) is 12.6. The largest absolute Gasteiger partial charge is 0.507 e. The van der Waals surface area contributed by atoms with E-state index in [0.717, 1.165) is 48.1 Å². The highest BCUT2D eigenvalue weighted by Crippen LogP contribution is 2.28. The maximum absolute atomic E-state index is 13.2. The zero-order valence-corrected chi connectivity index (χ0v) is 21.0. The van der Waals surface area contributed by atoms with Gasteiger partial charge in [-0.2, -0.15) is 0 Å². The lowest BCUT2D eigenvalue weighted by Crippen LogP contribution is -2.25. The summed E-state index contributed by atoms with van der Waals surface area (Å²) in [6, 6.07) is 23.0. The summed E-state index contributed by atoms with van der Waals surface area (Å²) >= 11 is 0. The molecule has 0 spiro atoms. The number of hydrogen-bond acceptors (Lipinski definition) is 5. The Hall–Kier alpha value is -3.90. The molecular formula is C30H34N4O2. The summed E-state index contributed by atoms with van der Waals surface area (Å²) in [5.74, 6) is 0.0459. The molecule has 4 rings (SSSR count). The Balaban J connectivity index is 1.49. The molecule has 6 nitrogen and oxygen atoms in total. The van der Waals surface area contributed by atoms with Crippen LogP contribution in [0.4, 0.5) is 11.4 Å². The molecule has 3 aromatic carbocycles. The molecule has 1 heterocycles. The second kappa shape index (κ2) is 12.2. The highest BCUT2D eigenvalue weighted by molar-refractivity contribution is 6.02. The molecule has 0 unspecified atom stereocenters. The van der Waals surface area contributed by atoms with Gasteiger partial charge in [0.05, 0.1) is 16.8 Å². The monoisotopic (exact) mass is 482 g/mol. The Labute approximate surface area is 213 Å². The van der Waals surface area contributed by atoms with Crippen LogP contribution >= 0.6 is 0 Å². The number of para-hydroxylation sites is 3. The number of carbonyl (C=O) groups excluding carboxylic acids is 1. The van der Waals surface area contributed by atoms with Crippen LogP contribution in [0.2, 0.25) is 0 Å². The van der Waals surface area contributed by atoms with Crippen LogP contribution in [0, 0.1) is 0 Å². The van der Waals surface area contributed by atoms with E-state index in [4.69, 9.17) is 0 Å². The maximum atomic E-state index is 13.2. The molecule has 36 heavy (non-hydrogen) atoms. The lowest BCUT2D eigenvalue weighted by atomic mass is 10.1. The first kappa shape index (κ1) is 25.2. The van der Waals surface area contributed by atoms with Crippen LogP contribution in [0.15, 0.2) is 79.0 Å². The molecule has 0 radical (unpaired) electrons. The first-order chi connectivity index (χ1) is 17.6. The van der Waals surface area contributed by atoms with Crippen LogP contribution in [-0.2, 0) is 13.1 Å². The molecule has 0 aliphatic heterocycles. The summed E-state index contributed by atoms with van der Waals surface area (Å²) in [7, 11) is 0. The second-order valence-corrected chi connectivity index (χ2v) is 8.93. The average molecular weight is 483 g/mol. The maximum Gasteiger partial charge on any atom is 0.253 e. The van der Waals surface area contributed by atoms with E-state index in [1.807, 2.05) is 66.7 Å². The van der Waals surface area contributed by atoms with E-state index in [2.05, 4.69) is 34.4 Å². The minimum Gasteiger partial charge on any atom is -0.507 e. The van der Waals surface area contributed by atoms with E-state index < -0.39 is 0 Å². The zero-order valence-electron chi connectivity index (χ0n) is 21.0. The van der Waals surface area contributed by atoms with Crippen LogP contribution in [0.1, 0.15) is 48.2 Å². The number of aromatic nitrogens is 1. The van der Waals surface area contributed by atoms with E-state index in [1.54, 1.807) is 12.3 Å². The second-order valence-electron chi connectivity index (χ2n) is 8.93. The van der Waals surface area contributed by atoms with Crippen molar-refractivity contribution in [1.82, 2.24) is 15.2 Å². The van der Waals surface area contributed by atoms with Gasteiger partial charge in [-0.05, 0) is 50.2 Å². The molecule has 1 amide bonds. The molecule has 1 aromatic heterocycles. The fraction of sp³-hybridized carbons (Fsp3) is 0.267. The Morgan fingerprint density at radius 2 is 1.58 bits per heavy atom. The number of aromatic hydroxyl groups is 1. The van der Waals surface area contributed by atoms with Crippen LogP contribution in [0.5, 0.6) is 5.75 Å². The number of phenolic OH excluding ortho intramolecular Hbond substituents is 1. The third-order valence-corrected chi connectivity index (χ3v) is 6.21. The lowest BCUT2D eigenvalue weighted by molar-refractivity contribution is 0.0951. The quantitative estimate of drug-likeness (QED) is 0.236. The van der Waals surface area contributed by atoms with Gasteiger partial charge < -0.3 is 15.7 Å². The van der Waals surface area contributed by atoms with Gasteiger partial charge in [0.2, 0.25) is 0 Å². The van der Waals surface area contributed by atoms with Gasteiger partial charge in [0.1, 0.15) is 5.75 Å². The van der Waals surface area contributed by atoms with E-state index >= 15 is 0 Å². The summed E-state index contributed by atoms with van der Waals surface area (Å²) in [6.07, 6.45) is 3.89. The van der Waals surface area contributed by atoms with Crippen molar-refractivity contribution in [3.8, 4) is 5.75 Å². The fourth-order valence-electron chi connectivity index (χ4n) is 4.47. The standard InChI is InChI=1S/C30H34N4O2/c1-3-18-34(19-4-2)21-23-11-9-10-22(29(23)35)20-32-30(36)25-13-6-8-15-27(25)33-28-16-17-31-26-14-7-5-12-24(26)28/h5-17,35H,3-4,18-21H2,1-2H3,(H,31,33)(H,32,36). The van der Waals surface area contributed by atoms with Gasteiger partial charge in [0.25, 0.3) is 5.91 Å². The summed E-state index contributed by atoms with van der Waals surface area (Å²) < 4.78 is 0. The number of anilines is 2. The predicted molar refractivity (Wildman–Crippen MR) is 147 cm³/mol. The molecule has 0 saturated heterocycles. The fourth-order valence-corrected chi connectivity index (χ4v) is 4.47. The Kier molecular flexibility index (Phi) is 8.53. The number of hydrogen-bond donors (Lipinski definition) is 3. The molecule has 0 bridgehead atoms. The number of benzene rings is 3. The van der Waals surface area contributed by atoms with Gasteiger partial charge >= 0.3 is 0 Å². The summed E-state index contributed by atoms with van der Waals surface area (Å²) in [5.41, 5.74) is 4.60. The molecule has 0 atom stereocenters. The molecular weight excluding hydrogens is 448 g/mol. The first-order valence-electron chi connectivity index (χ1n) is 12.6. The average Bonchev–Trinajstić information content (AvgIpc) is 2.90. The number of nitrogens with zero attached hydrogens (tertiary/aromatic N) is 2. The van der Waals surface area contributed by atoms with Crippen LogP contribution in [-0.4, -0.2) is 34.0 Å². The van der Waals surface area contributed by atoms with Crippen molar-refractivity contribution < 1.29 is 9.90 Å². The minimum absolute atomic E-state index is 0.208. The number of amides is 1. The Morgan fingerprint density at radius 1 is 0.861 bits per heavy atom. The SMILES string of the molecule is CCCN(CCC)Cc1cccc(CNC(=O)c2ccccc2Nc2ccnc3ccccc23)c1O. The normalized spacial score (nSPS) is 11.1. The van der Waals surface area contributed by atoms with Gasteiger partial charge in [-0.3, -0.25) is 14.7 Å². The zero-order chi connectivity index (χ0) is 25.3. The number of fused-ring (bicyclic) bond motifs is 1. The van der Waals surface area contributed by atoms with E-state index in [9.17, 15) is 9.90 Å². The molecule has 186 valence electrons. The highest BCUT2D eigenvalue weighted by Gasteiger charge is 2.15. The number of pyridine rings is 1. The van der Waals surface area contributed by atoms with Crippen molar-refractivity contribution >= 4 is 28.2 Å². The van der Waals surface area contributed by atoms with Gasteiger partial charge in [-0.1, -0.05) is 62.4 Å². The molecule has 0 aliphatic rings. The minimum atomic E-state index is -0.208. The molecule has 3 N–H and O–H groups in total. The topological polar surface area (TPSA) is 77.5 Å². The van der Waals surface area contributed by atoms with Crippen molar-refractivity contribution in [2.45, 2.75) is 39.8 Å². The Bertz CT molecular complexity index is 1310. The number of phenols is 1. The molecule has 0 fully saturated rings. The predicted octanol–water partition coefficient (Wildman–Crippen LogP) is 6.24. The number of nitrogens with one attached hydrogen (secondary N) is 2. The molecule has 4 aromatic rings. The smallest absolute Gasteiger partial charge is 0.253 e. The van der Waals surface area contributed by atoms with Gasteiger partial charge in [0.15, 0.2) is 0 Å². The van der Waals surface area contributed by atoms with Crippen molar-refractivity contribution in [2.24, 2.45) is 0 Å². The summed E-state index contributed by atoms with van der Waals surface area (Å²) in [4.78, 5) is 19.9. The van der Waals surface area contributed by atoms with Gasteiger partial charge in [-0.15, -0.1) is 0 Å². The van der Waals surface area contributed by atoms with Crippen molar-refractivity contribution in [3.63, 3.8) is 0 Å². The summed E-state index contributed by atoms with van der Waals surface area (Å²) in [6.45, 7) is 7.25. The highest BCUT2D eigenvalue weighted by atomic mass is 16.3. The van der Waals surface area contributed by atoms with Crippen LogP contribution in [0.25, 0.3) is 10.9 Å². The van der Waals surface area contributed by atoms with E-state index in [0.29, 0.717) is 23.4 Å². The van der Waals surface area contributed by atoms with Crippen molar-refractivity contribution in [2.75, 3.05) is 18.4 Å².